The monoisotopic (exact) mass is 532 g/mol. The lowest BCUT2D eigenvalue weighted by Gasteiger charge is -2.37. The summed E-state index contributed by atoms with van der Waals surface area (Å²) in [6, 6.07) is 3.86. The van der Waals surface area contributed by atoms with Gasteiger partial charge in [0, 0.05) is 39.3 Å². The summed E-state index contributed by atoms with van der Waals surface area (Å²) in [7, 11) is -3.74. The van der Waals surface area contributed by atoms with Crippen LogP contribution in [0, 0.1) is 5.92 Å². The number of hydrogen-bond acceptors (Lipinski definition) is 5. The number of carbonyl (C=O) groups is 2. The number of likely N-dealkylation sites (tertiary alicyclic amines) is 1. The summed E-state index contributed by atoms with van der Waals surface area (Å²) in [5, 5.41) is 2.72. The van der Waals surface area contributed by atoms with Gasteiger partial charge in [0.15, 0.2) is 0 Å². The van der Waals surface area contributed by atoms with Gasteiger partial charge in [0.25, 0.3) is 10.2 Å². The SMILES string of the molecule is O=C(NCc1ccc(C(F)(F)F)cc1)[C@H]1CCCN1C(=O)[C@H]1CCCN(S(=O)(=O)N2CCCOC2)C1. The molecule has 36 heavy (non-hydrogen) atoms. The number of nitrogens with one attached hydrogen (secondary N) is 1. The molecule has 0 radical (unpaired) electrons. The number of halogens is 3. The van der Waals surface area contributed by atoms with Crippen LogP contribution in [0.4, 0.5) is 13.2 Å². The van der Waals surface area contributed by atoms with Crippen molar-refractivity contribution in [2.75, 3.05) is 39.5 Å². The zero-order valence-corrected chi connectivity index (χ0v) is 20.7. The molecule has 9 nitrogen and oxygen atoms in total. The van der Waals surface area contributed by atoms with Crippen LogP contribution in [0.2, 0.25) is 0 Å². The first-order valence-corrected chi connectivity index (χ1v) is 13.5. The third-order valence-electron chi connectivity index (χ3n) is 6.90. The minimum absolute atomic E-state index is 0.00471. The van der Waals surface area contributed by atoms with Crippen molar-refractivity contribution in [3.8, 4) is 0 Å². The van der Waals surface area contributed by atoms with Gasteiger partial charge in [0.1, 0.15) is 12.8 Å². The molecule has 0 unspecified atom stereocenters. The summed E-state index contributed by atoms with van der Waals surface area (Å²) >= 11 is 0. The molecule has 2 atom stereocenters. The van der Waals surface area contributed by atoms with E-state index in [0.29, 0.717) is 63.9 Å². The van der Waals surface area contributed by atoms with Gasteiger partial charge in [0.2, 0.25) is 11.8 Å². The van der Waals surface area contributed by atoms with Crippen molar-refractivity contribution >= 4 is 22.0 Å². The van der Waals surface area contributed by atoms with E-state index in [-0.39, 0.29) is 31.6 Å². The third-order valence-corrected chi connectivity index (χ3v) is 8.83. The van der Waals surface area contributed by atoms with E-state index in [4.69, 9.17) is 4.74 Å². The Morgan fingerprint density at radius 3 is 2.36 bits per heavy atom. The highest BCUT2D eigenvalue weighted by Gasteiger charge is 2.41. The molecule has 3 aliphatic rings. The molecule has 1 N–H and O–H groups in total. The van der Waals surface area contributed by atoms with Crippen molar-refractivity contribution in [2.45, 2.75) is 50.9 Å². The predicted octanol–water partition coefficient (Wildman–Crippen LogP) is 1.95. The maximum atomic E-state index is 13.3. The molecule has 1 aromatic carbocycles. The van der Waals surface area contributed by atoms with Crippen molar-refractivity contribution in [3.63, 3.8) is 0 Å². The molecular formula is C23H31F3N4O5S. The number of amides is 2. The smallest absolute Gasteiger partial charge is 0.365 e. The van der Waals surface area contributed by atoms with Crippen LogP contribution in [0.25, 0.3) is 0 Å². The van der Waals surface area contributed by atoms with Crippen molar-refractivity contribution in [1.29, 1.82) is 0 Å². The fourth-order valence-corrected chi connectivity index (χ4v) is 6.55. The highest BCUT2D eigenvalue weighted by Crippen LogP contribution is 2.29. The number of rotatable bonds is 6. The topological polar surface area (TPSA) is 99.3 Å². The molecule has 1 aromatic rings. The van der Waals surface area contributed by atoms with Gasteiger partial charge in [-0.2, -0.15) is 30.2 Å². The van der Waals surface area contributed by atoms with Crippen LogP contribution in [-0.4, -0.2) is 79.3 Å². The maximum absolute atomic E-state index is 13.3. The van der Waals surface area contributed by atoms with Gasteiger partial charge in [0.05, 0.1) is 11.5 Å². The van der Waals surface area contributed by atoms with E-state index in [1.54, 1.807) is 0 Å². The Balaban J connectivity index is 1.35. The van der Waals surface area contributed by atoms with Crippen LogP contribution >= 0.6 is 0 Å². The zero-order chi connectivity index (χ0) is 25.9. The van der Waals surface area contributed by atoms with Gasteiger partial charge in [-0.1, -0.05) is 12.1 Å². The highest BCUT2D eigenvalue weighted by molar-refractivity contribution is 7.86. The minimum Gasteiger partial charge on any atom is -0.365 e. The quantitative estimate of drug-likeness (QED) is 0.604. The summed E-state index contributed by atoms with van der Waals surface area (Å²) in [6.07, 6.45) is -1.61. The van der Waals surface area contributed by atoms with Gasteiger partial charge < -0.3 is 15.0 Å². The predicted molar refractivity (Wildman–Crippen MR) is 123 cm³/mol. The average molecular weight is 533 g/mol. The molecule has 0 saturated carbocycles. The highest BCUT2D eigenvalue weighted by atomic mass is 32.2. The third kappa shape index (κ3) is 6.01. The normalized spacial score (nSPS) is 24.6. The molecule has 0 aromatic heterocycles. The Morgan fingerprint density at radius 2 is 1.69 bits per heavy atom. The van der Waals surface area contributed by atoms with E-state index in [9.17, 15) is 31.2 Å². The fourth-order valence-electron chi connectivity index (χ4n) is 4.93. The number of benzene rings is 1. The number of carbonyl (C=O) groups excluding carboxylic acids is 2. The zero-order valence-electron chi connectivity index (χ0n) is 19.9. The van der Waals surface area contributed by atoms with Crippen molar-refractivity contribution < 1.29 is 35.9 Å². The van der Waals surface area contributed by atoms with Gasteiger partial charge in [-0.25, -0.2) is 0 Å². The lowest BCUT2D eigenvalue weighted by molar-refractivity contribution is -0.142. The molecule has 3 aliphatic heterocycles. The summed E-state index contributed by atoms with van der Waals surface area (Å²) < 4.78 is 72.2. The lowest BCUT2D eigenvalue weighted by atomic mass is 9.97. The van der Waals surface area contributed by atoms with Crippen LogP contribution < -0.4 is 5.32 Å². The van der Waals surface area contributed by atoms with Crippen LogP contribution in [0.3, 0.4) is 0 Å². The van der Waals surface area contributed by atoms with Crippen LogP contribution in [0.15, 0.2) is 24.3 Å². The largest absolute Gasteiger partial charge is 0.416 e. The first kappa shape index (κ1) is 26.8. The first-order valence-electron chi connectivity index (χ1n) is 12.1. The number of nitrogens with zero attached hydrogens (tertiary/aromatic N) is 3. The molecule has 3 fully saturated rings. The number of alkyl halides is 3. The van der Waals surface area contributed by atoms with E-state index >= 15 is 0 Å². The Morgan fingerprint density at radius 1 is 1.00 bits per heavy atom. The molecule has 13 heteroatoms. The van der Waals surface area contributed by atoms with E-state index in [2.05, 4.69) is 5.32 Å². The first-order chi connectivity index (χ1) is 17.1. The lowest BCUT2D eigenvalue weighted by Crippen LogP contribution is -2.54. The van der Waals surface area contributed by atoms with Crippen molar-refractivity contribution in [1.82, 2.24) is 18.8 Å². The average Bonchev–Trinajstić information content (AvgIpc) is 3.37. The molecule has 0 spiro atoms. The van der Waals surface area contributed by atoms with E-state index in [0.717, 1.165) is 12.1 Å². The van der Waals surface area contributed by atoms with Crippen LogP contribution in [-0.2, 0) is 37.3 Å². The molecule has 200 valence electrons. The molecule has 2 amide bonds. The molecule has 3 saturated heterocycles. The Labute approximate surface area is 208 Å². The van der Waals surface area contributed by atoms with E-state index in [1.807, 2.05) is 0 Å². The Bertz CT molecular complexity index is 1040. The van der Waals surface area contributed by atoms with Gasteiger partial charge >= 0.3 is 6.18 Å². The molecule has 4 rings (SSSR count). The summed E-state index contributed by atoms with van der Waals surface area (Å²) in [6.45, 7) is 1.75. The standard InChI is InChI=1S/C23H31F3N4O5S/c24-23(25,26)19-8-6-17(7-9-19)14-27-21(31)20-5-2-12-30(20)22(32)18-4-1-10-28(15-18)36(33,34)29-11-3-13-35-16-29/h6-9,18,20H,1-5,10-16H2,(H,27,31)/t18-,20+/m0/s1. The molecular weight excluding hydrogens is 501 g/mol. The molecule has 0 aliphatic carbocycles. The van der Waals surface area contributed by atoms with Crippen molar-refractivity contribution in [2.24, 2.45) is 5.92 Å². The Hall–Kier alpha value is -2.22. The molecule has 0 bridgehead atoms. The fraction of sp³-hybridized carbons (Fsp3) is 0.652. The second-order valence-electron chi connectivity index (χ2n) is 9.37. The van der Waals surface area contributed by atoms with Crippen LogP contribution in [0.1, 0.15) is 43.2 Å². The van der Waals surface area contributed by atoms with Gasteiger partial charge in [-0.3, -0.25) is 9.59 Å². The number of hydrogen-bond donors (Lipinski definition) is 1. The van der Waals surface area contributed by atoms with Crippen molar-refractivity contribution in [3.05, 3.63) is 35.4 Å². The summed E-state index contributed by atoms with van der Waals surface area (Å²) in [5.74, 6) is -1.15. The number of piperidine rings is 1. The summed E-state index contributed by atoms with van der Waals surface area (Å²) in [4.78, 5) is 27.7. The molecule has 3 heterocycles. The second kappa shape index (κ2) is 11.0. The van der Waals surface area contributed by atoms with Gasteiger partial charge in [-0.15, -0.1) is 0 Å². The number of ether oxygens (including phenoxy) is 1. The maximum Gasteiger partial charge on any atom is 0.416 e. The van der Waals surface area contributed by atoms with E-state index < -0.39 is 33.9 Å². The van der Waals surface area contributed by atoms with E-state index in [1.165, 1.54) is 25.6 Å². The summed E-state index contributed by atoms with van der Waals surface area (Å²) in [5.41, 5.74) is -0.247. The van der Waals surface area contributed by atoms with Crippen LogP contribution in [0.5, 0.6) is 0 Å². The Kier molecular flexibility index (Phi) is 8.22. The van der Waals surface area contributed by atoms with Gasteiger partial charge in [-0.05, 0) is 49.8 Å². The minimum atomic E-state index is -4.43. The second-order valence-corrected chi connectivity index (χ2v) is 11.3.